The maximum Gasteiger partial charge on any atom is 0.0834 e. The number of hydrogen-bond donors (Lipinski definition) is 1. The summed E-state index contributed by atoms with van der Waals surface area (Å²) in [6, 6.07) is 8.47. The van der Waals surface area contributed by atoms with Crippen molar-refractivity contribution in [3.63, 3.8) is 0 Å². The second-order valence-corrected chi connectivity index (χ2v) is 6.76. The number of hydrogen-bond acceptors (Lipinski definition) is 2. The van der Waals surface area contributed by atoms with Gasteiger partial charge in [0.15, 0.2) is 0 Å². The molecule has 0 spiro atoms. The van der Waals surface area contributed by atoms with Crippen LogP contribution in [0, 0.1) is 5.92 Å². The molecule has 0 radical (unpaired) electrons. The summed E-state index contributed by atoms with van der Waals surface area (Å²) in [6.07, 6.45) is 5.69. The molecule has 0 aromatic heterocycles. The third-order valence-corrected chi connectivity index (χ3v) is 5.36. The van der Waals surface area contributed by atoms with Gasteiger partial charge < -0.3 is 10.1 Å². The molecule has 1 saturated carbocycles. The fraction of sp³-hybridized carbons (Fsp3) is 0.667. The summed E-state index contributed by atoms with van der Waals surface area (Å²) in [5, 5.41) is 4.51. The molecular formula is C18H28ClNO. The van der Waals surface area contributed by atoms with E-state index in [-0.39, 0.29) is 5.60 Å². The minimum absolute atomic E-state index is 0.0539. The minimum atomic E-state index is -0.0539. The van der Waals surface area contributed by atoms with E-state index in [1.54, 1.807) is 0 Å². The van der Waals surface area contributed by atoms with Crippen LogP contribution < -0.4 is 5.32 Å². The highest BCUT2D eigenvalue weighted by Gasteiger charge is 2.41. The molecule has 1 fully saturated rings. The fourth-order valence-electron chi connectivity index (χ4n) is 3.52. The van der Waals surface area contributed by atoms with Crippen LogP contribution in [0.25, 0.3) is 0 Å². The second kappa shape index (κ2) is 7.62. The first-order valence-corrected chi connectivity index (χ1v) is 8.51. The first kappa shape index (κ1) is 16.8. The van der Waals surface area contributed by atoms with Gasteiger partial charge in [-0.15, -0.1) is 0 Å². The van der Waals surface area contributed by atoms with Gasteiger partial charge in [-0.1, -0.05) is 43.6 Å². The van der Waals surface area contributed by atoms with E-state index < -0.39 is 0 Å². The number of ether oxygens (including phenoxy) is 1. The van der Waals surface area contributed by atoms with Crippen molar-refractivity contribution in [1.82, 2.24) is 5.32 Å². The van der Waals surface area contributed by atoms with E-state index in [4.69, 9.17) is 16.3 Å². The summed E-state index contributed by atoms with van der Waals surface area (Å²) in [5.74, 6) is 0.816. The summed E-state index contributed by atoms with van der Waals surface area (Å²) < 4.78 is 6.05. The van der Waals surface area contributed by atoms with E-state index in [9.17, 15) is 0 Å². The molecule has 0 aliphatic heterocycles. The Kier molecular flexibility index (Phi) is 6.09. The average molecular weight is 310 g/mol. The molecule has 0 bridgehead atoms. The van der Waals surface area contributed by atoms with Crippen molar-refractivity contribution in [2.45, 2.75) is 57.6 Å². The molecule has 0 saturated heterocycles. The van der Waals surface area contributed by atoms with E-state index in [1.807, 2.05) is 19.2 Å². The molecule has 1 aromatic carbocycles. The monoisotopic (exact) mass is 309 g/mol. The lowest BCUT2D eigenvalue weighted by Crippen LogP contribution is -2.55. The topological polar surface area (TPSA) is 21.3 Å². The predicted octanol–water partition coefficient (Wildman–Crippen LogP) is 4.46. The van der Waals surface area contributed by atoms with Gasteiger partial charge in [0, 0.05) is 18.2 Å². The van der Waals surface area contributed by atoms with Crippen molar-refractivity contribution in [2.24, 2.45) is 5.92 Å². The lowest BCUT2D eigenvalue weighted by Gasteiger charge is -2.44. The third-order valence-electron chi connectivity index (χ3n) is 4.99. The summed E-state index contributed by atoms with van der Waals surface area (Å²) in [7, 11) is 1.87. The van der Waals surface area contributed by atoms with E-state index in [1.165, 1.54) is 18.4 Å². The molecule has 1 aliphatic carbocycles. The normalized spacial score (nSPS) is 27.5. The van der Waals surface area contributed by atoms with Gasteiger partial charge in [-0.3, -0.25) is 0 Å². The smallest absolute Gasteiger partial charge is 0.0834 e. The minimum Gasteiger partial charge on any atom is -0.377 e. The zero-order chi connectivity index (χ0) is 15.3. The number of halogens is 1. The number of methoxy groups -OCH3 is 1. The van der Waals surface area contributed by atoms with Crippen molar-refractivity contribution in [3.05, 3.63) is 34.9 Å². The lowest BCUT2D eigenvalue weighted by molar-refractivity contribution is -0.0742. The number of nitrogens with one attached hydrogen (secondary N) is 1. The Labute approximate surface area is 134 Å². The molecule has 0 heterocycles. The van der Waals surface area contributed by atoms with Gasteiger partial charge in [0.25, 0.3) is 0 Å². The van der Waals surface area contributed by atoms with Gasteiger partial charge in [-0.2, -0.15) is 0 Å². The van der Waals surface area contributed by atoms with Gasteiger partial charge in [-0.25, -0.2) is 0 Å². The highest BCUT2D eigenvalue weighted by molar-refractivity contribution is 6.31. The van der Waals surface area contributed by atoms with E-state index in [0.29, 0.717) is 6.04 Å². The zero-order valence-electron chi connectivity index (χ0n) is 13.5. The van der Waals surface area contributed by atoms with Crippen LogP contribution in [0.1, 0.15) is 45.1 Å². The van der Waals surface area contributed by atoms with Crippen molar-refractivity contribution >= 4 is 11.6 Å². The Balaban J connectivity index is 2.18. The van der Waals surface area contributed by atoms with Crippen LogP contribution in [0.5, 0.6) is 0 Å². The number of rotatable bonds is 6. The second-order valence-electron chi connectivity index (χ2n) is 6.36. The third kappa shape index (κ3) is 4.00. The molecule has 1 aliphatic rings. The van der Waals surface area contributed by atoms with Crippen LogP contribution in [0.3, 0.4) is 0 Å². The van der Waals surface area contributed by atoms with Gasteiger partial charge in [0.2, 0.25) is 0 Å². The average Bonchev–Trinajstić information content (AvgIpc) is 2.50. The van der Waals surface area contributed by atoms with Crippen LogP contribution in [-0.4, -0.2) is 25.3 Å². The molecule has 1 atom stereocenters. The highest BCUT2D eigenvalue weighted by Crippen LogP contribution is 2.38. The maximum atomic E-state index is 6.35. The summed E-state index contributed by atoms with van der Waals surface area (Å²) in [6.45, 7) is 5.46. The lowest BCUT2D eigenvalue weighted by atomic mass is 9.73. The largest absolute Gasteiger partial charge is 0.377 e. The summed E-state index contributed by atoms with van der Waals surface area (Å²) in [4.78, 5) is 0. The van der Waals surface area contributed by atoms with Crippen molar-refractivity contribution in [1.29, 1.82) is 0 Å². The molecule has 1 N–H and O–H groups in total. The van der Waals surface area contributed by atoms with Gasteiger partial charge in [0.1, 0.15) is 0 Å². The Morgan fingerprint density at radius 3 is 2.57 bits per heavy atom. The standard InChI is InChI=1S/C18H28ClNO/c1-4-20-17(13-15-7-5-6-8-16(15)19)18(21-3)11-9-14(2)10-12-18/h5-8,14,17,20H,4,9-13H2,1-3H3. The molecule has 1 unspecified atom stereocenters. The number of benzene rings is 1. The van der Waals surface area contributed by atoms with Crippen LogP contribution in [0.15, 0.2) is 24.3 Å². The van der Waals surface area contributed by atoms with Crippen LogP contribution in [-0.2, 0) is 11.2 Å². The van der Waals surface area contributed by atoms with Crippen molar-refractivity contribution in [3.8, 4) is 0 Å². The Hall–Kier alpha value is -0.570. The molecule has 118 valence electrons. The van der Waals surface area contributed by atoms with Gasteiger partial charge in [-0.05, 0) is 56.2 Å². The Morgan fingerprint density at radius 1 is 1.33 bits per heavy atom. The molecule has 1 aromatic rings. The van der Waals surface area contributed by atoms with E-state index >= 15 is 0 Å². The van der Waals surface area contributed by atoms with Gasteiger partial charge >= 0.3 is 0 Å². The molecule has 3 heteroatoms. The van der Waals surface area contributed by atoms with Crippen LogP contribution in [0.4, 0.5) is 0 Å². The SMILES string of the molecule is CCNC(Cc1ccccc1Cl)C1(OC)CCC(C)CC1. The predicted molar refractivity (Wildman–Crippen MR) is 90.0 cm³/mol. The molecule has 2 nitrogen and oxygen atoms in total. The quantitative estimate of drug-likeness (QED) is 0.838. The first-order chi connectivity index (χ1) is 10.1. The van der Waals surface area contributed by atoms with E-state index in [2.05, 4.69) is 31.3 Å². The summed E-state index contributed by atoms with van der Waals surface area (Å²) >= 11 is 6.35. The maximum absolute atomic E-state index is 6.35. The fourth-order valence-corrected chi connectivity index (χ4v) is 3.73. The summed E-state index contributed by atoms with van der Waals surface area (Å²) in [5.41, 5.74) is 1.15. The highest BCUT2D eigenvalue weighted by atomic mass is 35.5. The molecule has 0 amide bonds. The van der Waals surface area contributed by atoms with Crippen LogP contribution >= 0.6 is 11.6 Å². The van der Waals surface area contributed by atoms with Crippen molar-refractivity contribution < 1.29 is 4.74 Å². The van der Waals surface area contributed by atoms with Gasteiger partial charge in [0.05, 0.1) is 5.60 Å². The van der Waals surface area contributed by atoms with Crippen molar-refractivity contribution in [2.75, 3.05) is 13.7 Å². The Morgan fingerprint density at radius 2 is 2.00 bits per heavy atom. The van der Waals surface area contributed by atoms with E-state index in [0.717, 1.165) is 36.7 Å². The number of likely N-dealkylation sites (N-methyl/N-ethyl adjacent to an activating group) is 1. The first-order valence-electron chi connectivity index (χ1n) is 8.13. The molecule has 21 heavy (non-hydrogen) atoms. The molecular weight excluding hydrogens is 282 g/mol. The molecule has 2 rings (SSSR count). The Bertz CT molecular complexity index is 441. The zero-order valence-corrected chi connectivity index (χ0v) is 14.2. The van der Waals surface area contributed by atoms with Crippen LogP contribution in [0.2, 0.25) is 5.02 Å².